The van der Waals surface area contributed by atoms with E-state index in [1.165, 1.54) is 11.3 Å². The van der Waals surface area contributed by atoms with Crippen LogP contribution >= 0.6 is 11.3 Å². The van der Waals surface area contributed by atoms with E-state index in [0.29, 0.717) is 11.4 Å². The van der Waals surface area contributed by atoms with Crippen LogP contribution in [0.15, 0.2) is 36.0 Å². The normalized spacial score (nSPS) is 12.3. The van der Waals surface area contributed by atoms with Crippen LogP contribution in [0.25, 0.3) is 0 Å². The zero-order valence-corrected chi connectivity index (χ0v) is 10.8. The second-order valence-corrected chi connectivity index (χ2v) is 4.88. The summed E-state index contributed by atoms with van der Waals surface area (Å²) in [6, 6.07) is 5.90. The van der Waals surface area contributed by atoms with Crippen molar-refractivity contribution in [1.29, 1.82) is 0 Å². The van der Waals surface area contributed by atoms with Crippen molar-refractivity contribution in [3.8, 4) is 0 Å². The quantitative estimate of drug-likeness (QED) is 0.869. The minimum Gasteiger partial charge on any atom is -0.477 e. The molecule has 0 aliphatic rings. The van der Waals surface area contributed by atoms with Gasteiger partial charge in [0.25, 0.3) is 0 Å². The van der Waals surface area contributed by atoms with Crippen molar-refractivity contribution in [2.45, 2.75) is 19.5 Å². The molecule has 0 radical (unpaired) electrons. The number of aromatic nitrogens is 1. The van der Waals surface area contributed by atoms with Gasteiger partial charge in [0.15, 0.2) is 0 Å². The molecule has 2 heterocycles. The van der Waals surface area contributed by atoms with E-state index in [1.807, 2.05) is 25.1 Å². The standard InChI is InChI=1S/C13H14N2O2S/c1-9(10-2-5-14-6-3-10)15-8-11-4-7-18-12(11)13(16)17/h2-7,9,15H,8H2,1H3,(H,16,17)/t9-/m0/s1. The third-order valence-electron chi connectivity index (χ3n) is 2.75. The lowest BCUT2D eigenvalue weighted by molar-refractivity contribution is 0.0701. The number of pyridine rings is 1. The average Bonchev–Trinajstić information content (AvgIpc) is 2.85. The summed E-state index contributed by atoms with van der Waals surface area (Å²) in [5, 5.41) is 14.1. The van der Waals surface area contributed by atoms with E-state index in [4.69, 9.17) is 5.11 Å². The van der Waals surface area contributed by atoms with Gasteiger partial charge < -0.3 is 10.4 Å². The van der Waals surface area contributed by atoms with Crippen molar-refractivity contribution in [2.75, 3.05) is 0 Å². The number of rotatable bonds is 5. The van der Waals surface area contributed by atoms with Crippen molar-refractivity contribution in [3.63, 3.8) is 0 Å². The molecule has 2 N–H and O–H groups in total. The van der Waals surface area contributed by atoms with Crippen molar-refractivity contribution < 1.29 is 9.90 Å². The topological polar surface area (TPSA) is 62.2 Å². The number of nitrogens with zero attached hydrogens (tertiary/aromatic N) is 1. The SMILES string of the molecule is C[C@H](NCc1ccsc1C(=O)O)c1ccncc1. The predicted octanol–water partition coefficient (Wildman–Crippen LogP) is 2.69. The van der Waals surface area contributed by atoms with Crippen molar-refractivity contribution in [3.05, 3.63) is 52.0 Å². The molecule has 5 heteroatoms. The summed E-state index contributed by atoms with van der Waals surface area (Å²) in [5.74, 6) is -0.863. The van der Waals surface area contributed by atoms with E-state index in [0.717, 1.165) is 11.1 Å². The molecule has 94 valence electrons. The van der Waals surface area contributed by atoms with Crippen molar-refractivity contribution in [1.82, 2.24) is 10.3 Å². The van der Waals surface area contributed by atoms with Gasteiger partial charge in [-0.1, -0.05) is 0 Å². The second-order valence-electron chi connectivity index (χ2n) is 3.96. The molecule has 18 heavy (non-hydrogen) atoms. The number of hydrogen-bond donors (Lipinski definition) is 2. The molecule has 2 aromatic rings. The van der Waals surface area contributed by atoms with Gasteiger partial charge in [-0.2, -0.15) is 0 Å². The fourth-order valence-corrected chi connectivity index (χ4v) is 2.46. The highest BCUT2D eigenvalue weighted by Gasteiger charge is 2.12. The minimum atomic E-state index is -0.863. The molecule has 0 aliphatic heterocycles. The van der Waals surface area contributed by atoms with E-state index in [1.54, 1.807) is 17.8 Å². The van der Waals surface area contributed by atoms with Crippen LogP contribution in [0, 0.1) is 0 Å². The highest BCUT2D eigenvalue weighted by molar-refractivity contribution is 7.12. The van der Waals surface area contributed by atoms with E-state index in [2.05, 4.69) is 10.3 Å². The molecule has 2 aromatic heterocycles. The van der Waals surface area contributed by atoms with E-state index in [9.17, 15) is 4.79 Å². The Morgan fingerprint density at radius 2 is 2.17 bits per heavy atom. The third-order valence-corrected chi connectivity index (χ3v) is 3.69. The zero-order valence-electron chi connectivity index (χ0n) is 9.96. The van der Waals surface area contributed by atoms with Crippen LogP contribution in [-0.4, -0.2) is 16.1 Å². The lowest BCUT2D eigenvalue weighted by atomic mass is 10.1. The summed E-state index contributed by atoms with van der Waals surface area (Å²) in [6.07, 6.45) is 3.50. The largest absolute Gasteiger partial charge is 0.477 e. The molecule has 0 amide bonds. The van der Waals surface area contributed by atoms with Crippen LogP contribution in [0.5, 0.6) is 0 Å². The molecule has 0 saturated heterocycles. The number of carbonyl (C=O) groups is 1. The second kappa shape index (κ2) is 5.75. The Bertz CT molecular complexity index is 525. The molecular formula is C13H14N2O2S. The van der Waals surface area contributed by atoms with Crippen LogP contribution in [0.1, 0.15) is 33.8 Å². The Balaban J connectivity index is 1.99. The molecule has 0 unspecified atom stereocenters. The molecule has 0 saturated carbocycles. The summed E-state index contributed by atoms with van der Waals surface area (Å²) >= 11 is 1.26. The molecule has 0 spiro atoms. The minimum absolute atomic E-state index is 0.162. The maximum Gasteiger partial charge on any atom is 0.346 e. The molecule has 0 aliphatic carbocycles. The molecular weight excluding hydrogens is 248 g/mol. The number of carboxylic acids is 1. The van der Waals surface area contributed by atoms with Crippen molar-refractivity contribution >= 4 is 17.3 Å². The predicted molar refractivity (Wildman–Crippen MR) is 70.8 cm³/mol. The first-order chi connectivity index (χ1) is 8.68. The van der Waals surface area contributed by atoms with Crippen LogP contribution in [0.2, 0.25) is 0 Å². The van der Waals surface area contributed by atoms with Crippen LogP contribution < -0.4 is 5.32 Å². The highest BCUT2D eigenvalue weighted by atomic mass is 32.1. The van der Waals surface area contributed by atoms with Crippen LogP contribution in [-0.2, 0) is 6.54 Å². The number of aromatic carboxylic acids is 1. The Labute approximate surface area is 109 Å². The van der Waals surface area contributed by atoms with Crippen molar-refractivity contribution in [2.24, 2.45) is 0 Å². The van der Waals surface area contributed by atoms with Gasteiger partial charge in [0.2, 0.25) is 0 Å². The average molecular weight is 262 g/mol. The maximum atomic E-state index is 11.0. The van der Waals surface area contributed by atoms with E-state index in [-0.39, 0.29) is 6.04 Å². The first kappa shape index (κ1) is 12.7. The Morgan fingerprint density at radius 1 is 1.44 bits per heavy atom. The third kappa shape index (κ3) is 2.94. The molecule has 1 atom stereocenters. The summed E-state index contributed by atoms with van der Waals surface area (Å²) < 4.78 is 0. The molecule has 2 rings (SSSR count). The van der Waals surface area contributed by atoms with Gasteiger partial charge in [0.05, 0.1) is 0 Å². The van der Waals surface area contributed by atoms with Gasteiger partial charge in [0, 0.05) is 25.0 Å². The van der Waals surface area contributed by atoms with Gasteiger partial charge in [-0.05, 0) is 41.6 Å². The number of hydrogen-bond acceptors (Lipinski definition) is 4. The highest BCUT2D eigenvalue weighted by Crippen LogP contribution is 2.18. The lowest BCUT2D eigenvalue weighted by Gasteiger charge is -2.13. The fourth-order valence-electron chi connectivity index (χ4n) is 1.70. The number of carboxylic acid groups (broad SMARTS) is 1. The molecule has 0 aromatic carbocycles. The van der Waals surface area contributed by atoms with Gasteiger partial charge in [-0.25, -0.2) is 4.79 Å². The zero-order chi connectivity index (χ0) is 13.0. The number of thiophene rings is 1. The van der Waals surface area contributed by atoms with E-state index < -0.39 is 5.97 Å². The number of nitrogens with one attached hydrogen (secondary N) is 1. The Morgan fingerprint density at radius 3 is 2.83 bits per heavy atom. The van der Waals surface area contributed by atoms with E-state index >= 15 is 0 Å². The lowest BCUT2D eigenvalue weighted by Crippen LogP contribution is -2.18. The monoisotopic (exact) mass is 262 g/mol. The fraction of sp³-hybridized carbons (Fsp3) is 0.231. The summed E-state index contributed by atoms with van der Waals surface area (Å²) in [6.45, 7) is 2.59. The molecule has 0 bridgehead atoms. The van der Waals surface area contributed by atoms with Gasteiger partial charge in [-0.15, -0.1) is 11.3 Å². The van der Waals surface area contributed by atoms with Gasteiger partial charge in [0.1, 0.15) is 4.88 Å². The molecule has 4 nitrogen and oxygen atoms in total. The summed E-state index contributed by atoms with van der Waals surface area (Å²) in [4.78, 5) is 15.4. The smallest absolute Gasteiger partial charge is 0.346 e. The van der Waals surface area contributed by atoms with Crippen LogP contribution in [0.4, 0.5) is 0 Å². The van der Waals surface area contributed by atoms with Crippen LogP contribution in [0.3, 0.4) is 0 Å². The summed E-state index contributed by atoms with van der Waals surface area (Å²) in [5.41, 5.74) is 1.96. The Hall–Kier alpha value is -1.72. The van der Waals surface area contributed by atoms with Gasteiger partial charge in [-0.3, -0.25) is 4.98 Å². The first-order valence-electron chi connectivity index (χ1n) is 5.61. The maximum absolute atomic E-state index is 11.0. The molecule has 0 fully saturated rings. The first-order valence-corrected chi connectivity index (χ1v) is 6.49. The Kier molecular flexibility index (Phi) is 4.07. The van der Waals surface area contributed by atoms with Gasteiger partial charge >= 0.3 is 5.97 Å². The summed E-state index contributed by atoms with van der Waals surface area (Å²) in [7, 11) is 0.